The lowest BCUT2D eigenvalue weighted by Gasteiger charge is -2.18. The zero-order valence-electron chi connectivity index (χ0n) is 16.5. The number of carbonyl (C=O) groups is 2. The summed E-state index contributed by atoms with van der Waals surface area (Å²) in [6.45, 7) is 0.943. The van der Waals surface area contributed by atoms with Crippen molar-refractivity contribution in [1.82, 2.24) is 5.32 Å². The number of benzene rings is 3. The van der Waals surface area contributed by atoms with Crippen molar-refractivity contribution >= 4 is 17.5 Å². The number of hydrogen-bond donors (Lipinski definition) is 1. The van der Waals surface area contributed by atoms with Crippen LogP contribution in [-0.4, -0.2) is 25.5 Å². The van der Waals surface area contributed by atoms with Crippen molar-refractivity contribution in [3.63, 3.8) is 0 Å². The SMILES string of the molecule is COc1ccccc1C(=O)NCc1ccc2c(c1)CCN2C(=O)c1ccc(F)cc1. The van der Waals surface area contributed by atoms with Gasteiger partial charge in [0.25, 0.3) is 11.8 Å². The molecule has 0 aliphatic carbocycles. The molecule has 0 aromatic heterocycles. The fraction of sp³-hybridized carbons (Fsp3) is 0.167. The summed E-state index contributed by atoms with van der Waals surface area (Å²) >= 11 is 0. The lowest BCUT2D eigenvalue weighted by atomic mass is 10.1. The van der Waals surface area contributed by atoms with Crippen LogP contribution in [0.3, 0.4) is 0 Å². The maximum Gasteiger partial charge on any atom is 0.258 e. The number of hydrogen-bond acceptors (Lipinski definition) is 3. The van der Waals surface area contributed by atoms with Crippen molar-refractivity contribution in [2.45, 2.75) is 13.0 Å². The fourth-order valence-corrected chi connectivity index (χ4v) is 3.63. The number of ether oxygens (including phenoxy) is 1. The molecule has 30 heavy (non-hydrogen) atoms. The molecule has 0 bridgehead atoms. The summed E-state index contributed by atoms with van der Waals surface area (Å²) in [6, 6.07) is 18.5. The highest BCUT2D eigenvalue weighted by Gasteiger charge is 2.25. The third-order valence-corrected chi connectivity index (χ3v) is 5.18. The Labute approximate surface area is 174 Å². The third-order valence-electron chi connectivity index (χ3n) is 5.18. The number of nitrogens with zero attached hydrogens (tertiary/aromatic N) is 1. The van der Waals surface area contributed by atoms with Gasteiger partial charge >= 0.3 is 0 Å². The van der Waals surface area contributed by atoms with Crippen LogP contribution in [0.2, 0.25) is 0 Å². The van der Waals surface area contributed by atoms with Crippen molar-refractivity contribution in [1.29, 1.82) is 0 Å². The molecular weight excluding hydrogens is 383 g/mol. The molecule has 0 fully saturated rings. The maximum atomic E-state index is 13.1. The van der Waals surface area contributed by atoms with Crippen LogP contribution in [0.4, 0.5) is 10.1 Å². The van der Waals surface area contributed by atoms with Crippen LogP contribution in [0.5, 0.6) is 5.75 Å². The van der Waals surface area contributed by atoms with E-state index in [1.54, 1.807) is 23.1 Å². The number of para-hydroxylation sites is 1. The molecule has 1 aliphatic rings. The smallest absolute Gasteiger partial charge is 0.258 e. The highest BCUT2D eigenvalue weighted by atomic mass is 19.1. The van der Waals surface area contributed by atoms with Crippen molar-refractivity contribution in [2.24, 2.45) is 0 Å². The van der Waals surface area contributed by atoms with E-state index in [2.05, 4.69) is 5.32 Å². The Morgan fingerprint density at radius 3 is 2.60 bits per heavy atom. The van der Waals surface area contributed by atoms with Gasteiger partial charge in [-0.1, -0.05) is 24.3 Å². The number of rotatable bonds is 5. The minimum absolute atomic E-state index is 0.147. The number of amides is 2. The normalized spacial score (nSPS) is 12.4. The van der Waals surface area contributed by atoms with Gasteiger partial charge in [-0.15, -0.1) is 0 Å². The molecule has 4 rings (SSSR count). The van der Waals surface area contributed by atoms with E-state index < -0.39 is 0 Å². The Balaban J connectivity index is 1.45. The molecule has 5 nitrogen and oxygen atoms in total. The van der Waals surface area contributed by atoms with E-state index in [-0.39, 0.29) is 17.6 Å². The monoisotopic (exact) mass is 404 g/mol. The molecule has 1 N–H and O–H groups in total. The molecule has 0 spiro atoms. The number of fused-ring (bicyclic) bond motifs is 1. The largest absolute Gasteiger partial charge is 0.496 e. The molecule has 2 amide bonds. The minimum Gasteiger partial charge on any atom is -0.496 e. The van der Waals surface area contributed by atoms with Gasteiger partial charge in [0, 0.05) is 24.3 Å². The summed E-state index contributed by atoms with van der Waals surface area (Å²) < 4.78 is 18.4. The third kappa shape index (κ3) is 3.89. The van der Waals surface area contributed by atoms with Crippen LogP contribution in [0.25, 0.3) is 0 Å². The number of methoxy groups -OCH3 is 1. The average Bonchev–Trinajstić information content (AvgIpc) is 3.20. The molecule has 1 aliphatic heterocycles. The summed E-state index contributed by atoms with van der Waals surface area (Å²) in [7, 11) is 1.53. The van der Waals surface area contributed by atoms with Gasteiger partial charge in [-0.05, 0) is 60.0 Å². The lowest BCUT2D eigenvalue weighted by Crippen LogP contribution is -2.28. The van der Waals surface area contributed by atoms with E-state index in [1.165, 1.54) is 31.4 Å². The maximum absolute atomic E-state index is 13.1. The van der Waals surface area contributed by atoms with Gasteiger partial charge in [-0.3, -0.25) is 9.59 Å². The van der Waals surface area contributed by atoms with E-state index in [4.69, 9.17) is 4.74 Å². The van der Waals surface area contributed by atoms with Crippen LogP contribution < -0.4 is 15.0 Å². The Morgan fingerprint density at radius 2 is 1.83 bits per heavy atom. The molecule has 152 valence electrons. The van der Waals surface area contributed by atoms with Gasteiger partial charge in [0.15, 0.2) is 0 Å². The van der Waals surface area contributed by atoms with E-state index in [0.29, 0.717) is 30.0 Å². The molecule has 0 saturated carbocycles. The van der Waals surface area contributed by atoms with Gasteiger partial charge in [0.1, 0.15) is 11.6 Å². The molecule has 3 aromatic rings. The molecule has 0 unspecified atom stereocenters. The summed E-state index contributed by atoms with van der Waals surface area (Å²) in [6.07, 6.45) is 0.733. The highest BCUT2D eigenvalue weighted by Crippen LogP contribution is 2.30. The number of anilines is 1. The van der Waals surface area contributed by atoms with Crippen LogP contribution in [-0.2, 0) is 13.0 Å². The van der Waals surface area contributed by atoms with E-state index in [1.807, 2.05) is 24.3 Å². The van der Waals surface area contributed by atoms with Crippen molar-refractivity contribution in [3.05, 3.63) is 94.8 Å². The second kappa shape index (κ2) is 8.37. The molecule has 0 saturated heterocycles. The molecule has 0 atom stereocenters. The van der Waals surface area contributed by atoms with E-state index in [9.17, 15) is 14.0 Å². The van der Waals surface area contributed by atoms with Gasteiger partial charge in [-0.2, -0.15) is 0 Å². The summed E-state index contributed by atoms with van der Waals surface area (Å²) in [5, 5.41) is 2.91. The first-order valence-electron chi connectivity index (χ1n) is 9.67. The van der Waals surface area contributed by atoms with E-state index in [0.717, 1.165) is 23.2 Å². The first-order valence-corrected chi connectivity index (χ1v) is 9.67. The first kappa shape index (κ1) is 19.6. The second-order valence-electron chi connectivity index (χ2n) is 7.06. The Morgan fingerprint density at radius 1 is 1.07 bits per heavy atom. The van der Waals surface area contributed by atoms with Gasteiger partial charge in [0.05, 0.1) is 12.7 Å². The van der Waals surface area contributed by atoms with Gasteiger partial charge in [-0.25, -0.2) is 4.39 Å². The number of nitrogens with one attached hydrogen (secondary N) is 1. The Bertz CT molecular complexity index is 1100. The molecule has 1 heterocycles. The molecular formula is C24H21FN2O3. The molecule has 6 heteroatoms. The topological polar surface area (TPSA) is 58.6 Å². The van der Waals surface area contributed by atoms with Gasteiger partial charge in [0.2, 0.25) is 0 Å². The minimum atomic E-state index is -0.367. The van der Waals surface area contributed by atoms with Crippen LogP contribution in [0, 0.1) is 5.82 Å². The fourth-order valence-electron chi connectivity index (χ4n) is 3.63. The average molecular weight is 404 g/mol. The number of carbonyl (C=O) groups excluding carboxylic acids is 2. The summed E-state index contributed by atoms with van der Waals surface area (Å²) in [5.41, 5.74) is 3.79. The summed E-state index contributed by atoms with van der Waals surface area (Å²) in [5.74, 6) is -0.195. The van der Waals surface area contributed by atoms with Gasteiger partial charge < -0.3 is 15.0 Å². The van der Waals surface area contributed by atoms with Crippen molar-refractivity contribution in [2.75, 3.05) is 18.6 Å². The van der Waals surface area contributed by atoms with Crippen LogP contribution in [0.15, 0.2) is 66.7 Å². The first-order chi connectivity index (χ1) is 14.6. The highest BCUT2D eigenvalue weighted by molar-refractivity contribution is 6.07. The zero-order valence-corrected chi connectivity index (χ0v) is 16.5. The Kier molecular flexibility index (Phi) is 5.48. The summed E-state index contributed by atoms with van der Waals surface area (Å²) in [4.78, 5) is 27.0. The predicted molar refractivity (Wildman–Crippen MR) is 112 cm³/mol. The number of halogens is 1. The standard InChI is InChI=1S/C24H21FN2O3/c1-30-22-5-3-2-4-20(22)23(28)26-15-16-6-11-21-18(14-16)12-13-27(21)24(29)17-7-9-19(25)10-8-17/h2-11,14H,12-13,15H2,1H3,(H,26,28). The quantitative estimate of drug-likeness (QED) is 0.700. The molecule has 3 aromatic carbocycles. The van der Waals surface area contributed by atoms with Crippen LogP contribution in [0.1, 0.15) is 31.8 Å². The van der Waals surface area contributed by atoms with E-state index >= 15 is 0 Å². The molecule has 0 radical (unpaired) electrons. The second-order valence-corrected chi connectivity index (χ2v) is 7.06. The van der Waals surface area contributed by atoms with Crippen molar-refractivity contribution < 1.29 is 18.7 Å². The Hall–Kier alpha value is -3.67. The van der Waals surface area contributed by atoms with Crippen molar-refractivity contribution in [3.8, 4) is 5.75 Å². The van der Waals surface area contributed by atoms with Crippen LogP contribution >= 0.6 is 0 Å². The predicted octanol–water partition coefficient (Wildman–Crippen LogP) is 3.97. The lowest BCUT2D eigenvalue weighted by molar-refractivity contribution is 0.0946. The zero-order chi connectivity index (χ0) is 21.1.